The van der Waals surface area contributed by atoms with Crippen molar-refractivity contribution >= 4 is 0 Å². The number of aliphatic hydroxyl groups is 1. The molecule has 2 saturated heterocycles. The second kappa shape index (κ2) is 2.73. The Kier molecular flexibility index (Phi) is 1.87. The fraction of sp³-hybridized carbons (Fsp3) is 1.00. The normalized spacial score (nSPS) is 43.9. The van der Waals surface area contributed by atoms with Crippen molar-refractivity contribution in [3.8, 4) is 0 Å². The van der Waals surface area contributed by atoms with Crippen LogP contribution in [0.3, 0.4) is 0 Å². The van der Waals surface area contributed by atoms with Gasteiger partial charge in [0.2, 0.25) is 0 Å². The zero-order valence-corrected chi connectivity index (χ0v) is 6.68. The van der Waals surface area contributed by atoms with Gasteiger partial charge in [-0.25, -0.2) is 0 Å². The zero-order valence-electron chi connectivity index (χ0n) is 6.68. The van der Waals surface area contributed by atoms with Gasteiger partial charge in [0.05, 0.1) is 13.2 Å². The molecule has 3 nitrogen and oxygen atoms in total. The summed E-state index contributed by atoms with van der Waals surface area (Å²) in [7, 11) is 0. The van der Waals surface area contributed by atoms with Crippen molar-refractivity contribution in [2.45, 2.75) is 18.9 Å². The highest BCUT2D eigenvalue weighted by Gasteiger charge is 2.41. The summed E-state index contributed by atoms with van der Waals surface area (Å²) in [6, 6.07) is 0.316. The first-order chi connectivity index (χ1) is 5.35. The molecule has 2 heterocycles. The lowest BCUT2D eigenvalue weighted by Crippen LogP contribution is -2.25. The van der Waals surface area contributed by atoms with Crippen LogP contribution in [0, 0.1) is 5.41 Å². The van der Waals surface area contributed by atoms with Crippen LogP contribution in [0.1, 0.15) is 12.8 Å². The van der Waals surface area contributed by atoms with Crippen LogP contribution in [0.5, 0.6) is 0 Å². The van der Waals surface area contributed by atoms with E-state index in [1.54, 1.807) is 0 Å². The molecule has 0 radical (unpaired) electrons. The Labute approximate surface area is 66.7 Å². The Morgan fingerprint density at radius 1 is 1.64 bits per heavy atom. The minimum absolute atomic E-state index is 0.266. The number of hydrogen-bond donors (Lipinski definition) is 2. The number of nitrogens with one attached hydrogen (secondary N) is 1. The SMILES string of the molecule is OC[C@@H]1C[C@@]2(CCOC2)CN1. The summed E-state index contributed by atoms with van der Waals surface area (Å²) in [6.45, 7) is 3.08. The van der Waals surface area contributed by atoms with Crippen LogP contribution in [-0.2, 0) is 4.74 Å². The van der Waals surface area contributed by atoms with Gasteiger partial charge in [0.15, 0.2) is 0 Å². The molecule has 2 atom stereocenters. The lowest BCUT2D eigenvalue weighted by Gasteiger charge is -2.18. The first-order valence-corrected chi connectivity index (χ1v) is 4.27. The van der Waals surface area contributed by atoms with Gasteiger partial charge in [0.1, 0.15) is 0 Å². The molecular formula is C8H15NO2. The van der Waals surface area contributed by atoms with Crippen LogP contribution in [0.4, 0.5) is 0 Å². The summed E-state index contributed by atoms with van der Waals surface area (Å²) in [5.74, 6) is 0. The minimum Gasteiger partial charge on any atom is -0.395 e. The fourth-order valence-corrected chi connectivity index (χ4v) is 2.11. The maximum Gasteiger partial charge on any atom is 0.0584 e. The highest BCUT2D eigenvalue weighted by Crippen LogP contribution is 2.36. The molecule has 2 aliphatic rings. The Hall–Kier alpha value is -0.120. The van der Waals surface area contributed by atoms with Crippen LogP contribution in [0.15, 0.2) is 0 Å². The second-order valence-corrected chi connectivity index (χ2v) is 3.77. The van der Waals surface area contributed by atoms with Gasteiger partial charge in [-0.3, -0.25) is 0 Å². The van der Waals surface area contributed by atoms with Gasteiger partial charge < -0.3 is 15.2 Å². The van der Waals surface area contributed by atoms with Crippen molar-refractivity contribution in [1.29, 1.82) is 0 Å². The van der Waals surface area contributed by atoms with E-state index in [-0.39, 0.29) is 6.61 Å². The molecule has 0 bridgehead atoms. The van der Waals surface area contributed by atoms with E-state index in [2.05, 4.69) is 5.32 Å². The largest absolute Gasteiger partial charge is 0.395 e. The minimum atomic E-state index is 0.266. The van der Waals surface area contributed by atoms with E-state index < -0.39 is 0 Å². The maximum atomic E-state index is 8.91. The lowest BCUT2D eigenvalue weighted by molar-refractivity contribution is 0.156. The fourth-order valence-electron chi connectivity index (χ4n) is 2.11. The predicted molar refractivity (Wildman–Crippen MR) is 41.4 cm³/mol. The van der Waals surface area contributed by atoms with Crippen molar-refractivity contribution in [3.05, 3.63) is 0 Å². The summed E-state index contributed by atoms with van der Waals surface area (Å²) < 4.78 is 5.35. The molecule has 0 aliphatic carbocycles. The molecule has 0 unspecified atom stereocenters. The molecule has 2 N–H and O–H groups in total. The molecule has 11 heavy (non-hydrogen) atoms. The van der Waals surface area contributed by atoms with Crippen LogP contribution in [0.25, 0.3) is 0 Å². The Morgan fingerprint density at radius 2 is 2.55 bits per heavy atom. The Morgan fingerprint density at radius 3 is 3.09 bits per heavy atom. The first-order valence-electron chi connectivity index (χ1n) is 4.27. The maximum absolute atomic E-state index is 8.91. The van der Waals surface area contributed by atoms with E-state index >= 15 is 0 Å². The van der Waals surface area contributed by atoms with E-state index in [0.29, 0.717) is 11.5 Å². The molecular weight excluding hydrogens is 142 g/mol. The van der Waals surface area contributed by atoms with Gasteiger partial charge in [0.25, 0.3) is 0 Å². The monoisotopic (exact) mass is 157 g/mol. The Bertz CT molecular complexity index is 143. The summed E-state index contributed by atoms with van der Waals surface area (Å²) in [5.41, 5.74) is 0.368. The topological polar surface area (TPSA) is 41.5 Å². The number of ether oxygens (including phenoxy) is 1. The molecule has 0 saturated carbocycles. The zero-order chi connectivity index (χ0) is 7.73. The third-order valence-corrected chi connectivity index (χ3v) is 2.85. The highest BCUT2D eigenvalue weighted by molar-refractivity contribution is 4.95. The van der Waals surface area contributed by atoms with Crippen LogP contribution >= 0.6 is 0 Å². The van der Waals surface area contributed by atoms with E-state index in [4.69, 9.17) is 9.84 Å². The third kappa shape index (κ3) is 1.28. The van der Waals surface area contributed by atoms with Gasteiger partial charge in [-0.2, -0.15) is 0 Å². The molecule has 0 aromatic carbocycles. The molecule has 64 valence electrons. The van der Waals surface area contributed by atoms with Gasteiger partial charge in [-0.1, -0.05) is 0 Å². The van der Waals surface area contributed by atoms with Crippen molar-refractivity contribution in [3.63, 3.8) is 0 Å². The molecule has 3 heteroatoms. The number of rotatable bonds is 1. The van der Waals surface area contributed by atoms with Gasteiger partial charge in [-0.05, 0) is 12.8 Å². The highest BCUT2D eigenvalue weighted by atomic mass is 16.5. The molecule has 2 fully saturated rings. The van der Waals surface area contributed by atoms with E-state index in [9.17, 15) is 0 Å². The molecule has 2 aliphatic heterocycles. The summed E-state index contributed by atoms with van der Waals surface area (Å²) in [5, 5.41) is 12.2. The van der Waals surface area contributed by atoms with Gasteiger partial charge >= 0.3 is 0 Å². The average molecular weight is 157 g/mol. The van der Waals surface area contributed by atoms with Crippen LogP contribution < -0.4 is 5.32 Å². The molecule has 0 aromatic rings. The Balaban J connectivity index is 1.96. The predicted octanol–water partition coefficient (Wildman–Crippen LogP) is -0.253. The summed E-state index contributed by atoms with van der Waals surface area (Å²) in [6.07, 6.45) is 2.25. The lowest BCUT2D eigenvalue weighted by atomic mass is 9.85. The first kappa shape index (κ1) is 7.53. The van der Waals surface area contributed by atoms with Crippen molar-refractivity contribution in [1.82, 2.24) is 5.32 Å². The number of hydrogen-bond acceptors (Lipinski definition) is 3. The standard InChI is InChI=1S/C8H15NO2/c10-4-7-3-8(5-9-7)1-2-11-6-8/h7,9-10H,1-6H2/t7-,8-/m0/s1. The average Bonchev–Trinajstić information content (AvgIpc) is 2.62. The van der Waals surface area contributed by atoms with Crippen LogP contribution in [-0.4, -0.2) is 37.5 Å². The van der Waals surface area contributed by atoms with E-state index in [0.717, 1.165) is 32.6 Å². The van der Waals surface area contributed by atoms with E-state index in [1.165, 1.54) is 0 Å². The van der Waals surface area contributed by atoms with Crippen molar-refractivity contribution < 1.29 is 9.84 Å². The van der Waals surface area contributed by atoms with Gasteiger partial charge in [-0.15, -0.1) is 0 Å². The van der Waals surface area contributed by atoms with Gasteiger partial charge in [0, 0.05) is 24.6 Å². The van der Waals surface area contributed by atoms with Crippen molar-refractivity contribution in [2.24, 2.45) is 5.41 Å². The smallest absolute Gasteiger partial charge is 0.0584 e. The second-order valence-electron chi connectivity index (χ2n) is 3.77. The molecule has 0 amide bonds. The molecule has 2 rings (SSSR count). The quantitative estimate of drug-likeness (QED) is 0.551. The summed E-state index contributed by atoms with van der Waals surface area (Å²) in [4.78, 5) is 0. The number of aliphatic hydroxyl groups excluding tert-OH is 1. The molecule has 0 aromatic heterocycles. The molecule has 1 spiro atoms. The third-order valence-electron chi connectivity index (χ3n) is 2.85. The van der Waals surface area contributed by atoms with E-state index in [1.807, 2.05) is 0 Å². The summed E-state index contributed by atoms with van der Waals surface area (Å²) >= 11 is 0. The van der Waals surface area contributed by atoms with Crippen LogP contribution in [0.2, 0.25) is 0 Å². The van der Waals surface area contributed by atoms with Crippen molar-refractivity contribution in [2.75, 3.05) is 26.4 Å².